The number of hydrogen-bond donors (Lipinski definition) is 1. The van der Waals surface area contributed by atoms with Crippen LogP contribution in [-0.2, 0) is 4.79 Å². The van der Waals surface area contributed by atoms with Crippen LogP contribution in [0.15, 0.2) is 10.7 Å². The van der Waals surface area contributed by atoms with Gasteiger partial charge in [-0.05, 0) is 36.2 Å². The zero-order valence-corrected chi connectivity index (χ0v) is 12.4. The predicted molar refractivity (Wildman–Crippen MR) is 73.5 cm³/mol. The second-order valence-electron chi connectivity index (χ2n) is 4.91. The fourth-order valence-corrected chi connectivity index (χ4v) is 2.78. The zero-order valence-electron chi connectivity index (χ0n) is 10.8. The number of halogens is 1. The maximum absolute atomic E-state index is 11.9. The van der Waals surface area contributed by atoms with Crippen molar-refractivity contribution >= 4 is 27.7 Å². The summed E-state index contributed by atoms with van der Waals surface area (Å²) in [5.74, 6) is 1.70. The summed E-state index contributed by atoms with van der Waals surface area (Å²) in [4.78, 5) is 22.6. The molecule has 1 saturated heterocycles. The second-order valence-corrected chi connectivity index (χ2v) is 5.72. The van der Waals surface area contributed by atoms with Gasteiger partial charge in [0.2, 0.25) is 5.91 Å². The van der Waals surface area contributed by atoms with E-state index in [1.54, 1.807) is 7.05 Å². The van der Waals surface area contributed by atoms with Gasteiger partial charge in [0.25, 0.3) is 0 Å². The number of rotatable bonds is 2. The number of carbonyl (C=O) groups excluding carboxylic acids is 1. The zero-order chi connectivity index (χ0) is 13.3. The third-order valence-corrected chi connectivity index (χ3v) is 3.77. The maximum Gasteiger partial charge on any atom is 0.227 e. The molecule has 0 radical (unpaired) electrons. The van der Waals surface area contributed by atoms with Gasteiger partial charge in [0.15, 0.2) is 0 Å². The normalized spacial score (nSPS) is 23.2. The lowest BCUT2D eigenvalue weighted by molar-refractivity contribution is -0.128. The number of nitrogens with one attached hydrogen (secondary N) is 1. The van der Waals surface area contributed by atoms with Crippen molar-refractivity contribution in [2.75, 3.05) is 25.0 Å². The van der Waals surface area contributed by atoms with E-state index in [0.29, 0.717) is 6.54 Å². The van der Waals surface area contributed by atoms with Crippen LogP contribution in [0.1, 0.15) is 19.2 Å². The van der Waals surface area contributed by atoms with Crippen LogP contribution in [0, 0.1) is 12.3 Å². The highest BCUT2D eigenvalue weighted by molar-refractivity contribution is 9.10. The second kappa shape index (κ2) is 4.84. The quantitative estimate of drug-likeness (QED) is 0.841. The monoisotopic (exact) mass is 312 g/mol. The minimum Gasteiger partial charge on any atom is -0.359 e. The molecule has 0 spiro atoms. The highest BCUT2D eigenvalue weighted by atomic mass is 79.9. The van der Waals surface area contributed by atoms with Gasteiger partial charge in [-0.3, -0.25) is 4.79 Å². The molecular weight excluding hydrogens is 296 g/mol. The lowest BCUT2D eigenvalue weighted by Gasteiger charge is -2.23. The van der Waals surface area contributed by atoms with Crippen LogP contribution in [0.4, 0.5) is 5.82 Å². The fourth-order valence-electron chi connectivity index (χ4n) is 2.32. The average molecular weight is 313 g/mol. The minimum absolute atomic E-state index is 0.0924. The molecule has 1 aliphatic rings. The molecule has 2 rings (SSSR count). The molecule has 1 unspecified atom stereocenters. The van der Waals surface area contributed by atoms with Crippen LogP contribution in [-0.4, -0.2) is 36.0 Å². The fraction of sp³-hybridized carbons (Fsp3) is 0.583. The number of carbonyl (C=O) groups is 1. The lowest BCUT2D eigenvalue weighted by Crippen LogP contribution is -2.39. The third kappa shape index (κ3) is 2.48. The molecule has 1 fully saturated rings. The van der Waals surface area contributed by atoms with E-state index in [0.717, 1.165) is 29.2 Å². The number of hydrogen-bond acceptors (Lipinski definition) is 4. The van der Waals surface area contributed by atoms with Crippen LogP contribution in [0.25, 0.3) is 0 Å². The molecule has 0 aromatic carbocycles. The maximum atomic E-state index is 11.9. The van der Waals surface area contributed by atoms with E-state index in [1.807, 2.05) is 19.9 Å². The third-order valence-electron chi connectivity index (χ3n) is 3.37. The van der Waals surface area contributed by atoms with E-state index < -0.39 is 0 Å². The van der Waals surface area contributed by atoms with Crippen LogP contribution in [0.5, 0.6) is 0 Å². The van der Waals surface area contributed by atoms with E-state index in [1.165, 1.54) is 0 Å². The van der Waals surface area contributed by atoms with Gasteiger partial charge < -0.3 is 10.2 Å². The number of nitrogens with zero attached hydrogens (tertiary/aromatic N) is 3. The minimum atomic E-state index is -0.333. The molecular formula is C12H17BrN4O. The highest BCUT2D eigenvalue weighted by Crippen LogP contribution is 2.33. The summed E-state index contributed by atoms with van der Waals surface area (Å²) < 4.78 is 0.776. The summed E-state index contributed by atoms with van der Waals surface area (Å²) in [5.41, 5.74) is -0.333. The van der Waals surface area contributed by atoms with Crippen molar-refractivity contribution < 1.29 is 4.79 Å². The summed E-state index contributed by atoms with van der Waals surface area (Å²) >= 11 is 3.37. The van der Waals surface area contributed by atoms with Gasteiger partial charge in [0.1, 0.15) is 16.2 Å². The van der Waals surface area contributed by atoms with Gasteiger partial charge in [-0.2, -0.15) is 0 Å². The topological polar surface area (TPSA) is 58.1 Å². The van der Waals surface area contributed by atoms with Gasteiger partial charge in [-0.15, -0.1) is 0 Å². The van der Waals surface area contributed by atoms with E-state index in [4.69, 9.17) is 0 Å². The van der Waals surface area contributed by atoms with Gasteiger partial charge in [0, 0.05) is 26.2 Å². The number of anilines is 1. The molecule has 1 amide bonds. The van der Waals surface area contributed by atoms with Crippen LogP contribution in [0.2, 0.25) is 0 Å². The van der Waals surface area contributed by atoms with Crippen molar-refractivity contribution in [3.8, 4) is 0 Å². The van der Waals surface area contributed by atoms with Gasteiger partial charge >= 0.3 is 0 Å². The number of aromatic nitrogens is 2. The Labute approximate surface area is 115 Å². The lowest BCUT2D eigenvalue weighted by atomic mass is 9.89. The summed E-state index contributed by atoms with van der Waals surface area (Å²) in [6, 6.07) is 1.89. The molecule has 2 heterocycles. The van der Waals surface area contributed by atoms with E-state index >= 15 is 0 Å². The standard InChI is InChI=1S/C12H17BrN4O/c1-8-15-9(13)6-10(16-8)17-5-4-12(2,7-17)11(18)14-3/h6H,4-5,7H2,1-3H3,(H,14,18). The summed E-state index contributed by atoms with van der Waals surface area (Å²) in [6.45, 7) is 5.39. The molecule has 1 aliphatic heterocycles. The first kappa shape index (κ1) is 13.3. The van der Waals surface area contributed by atoms with Crippen LogP contribution in [0.3, 0.4) is 0 Å². The van der Waals surface area contributed by atoms with Gasteiger partial charge in [0.05, 0.1) is 5.41 Å². The highest BCUT2D eigenvalue weighted by Gasteiger charge is 2.40. The summed E-state index contributed by atoms with van der Waals surface area (Å²) in [7, 11) is 1.68. The largest absolute Gasteiger partial charge is 0.359 e. The van der Waals surface area contributed by atoms with Gasteiger partial charge in [-0.1, -0.05) is 0 Å². The summed E-state index contributed by atoms with van der Waals surface area (Å²) in [6.07, 6.45) is 0.841. The Kier molecular flexibility index (Phi) is 3.56. The Hall–Kier alpha value is -1.17. The summed E-state index contributed by atoms with van der Waals surface area (Å²) in [5, 5.41) is 2.73. The predicted octanol–water partition coefficient (Wildman–Crippen LogP) is 1.51. The Balaban J connectivity index is 2.20. The van der Waals surface area contributed by atoms with Crippen molar-refractivity contribution in [3.63, 3.8) is 0 Å². The number of amides is 1. The molecule has 1 aromatic heterocycles. The first-order valence-corrected chi connectivity index (χ1v) is 6.72. The van der Waals surface area contributed by atoms with Crippen molar-refractivity contribution in [2.45, 2.75) is 20.3 Å². The molecule has 0 bridgehead atoms. The Morgan fingerprint density at radius 3 is 2.89 bits per heavy atom. The van der Waals surface area contributed by atoms with Crippen molar-refractivity contribution in [2.24, 2.45) is 5.41 Å². The molecule has 1 N–H and O–H groups in total. The molecule has 6 heteroatoms. The van der Waals surface area contributed by atoms with Crippen LogP contribution >= 0.6 is 15.9 Å². The molecule has 0 aliphatic carbocycles. The molecule has 5 nitrogen and oxygen atoms in total. The Bertz CT molecular complexity index is 459. The number of aryl methyl sites for hydroxylation is 1. The average Bonchev–Trinajstić information content (AvgIpc) is 2.71. The molecule has 1 atom stereocenters. The van der Waals surface area contributed by atoms with Gasteiger partial charge in [-0.25, -0.2) is 9.97 Å². The van der Waals surface area contributed by atoms with Crippen molar-refractivity contribution in [3.05, 3.63) is 16.5 Å². The van der Waals surface area contributed by atoms with E-state index in [-0.39, 0.29) is 11.3 Å². The van der Waals surface area contributed by atoms with Crippen molar-refractivity contribution in [1.29, 1.82) is 0 Å². The molecule has 1 aromatic rings. The smallest absolute Gasteiger partial charge is 0.227 e. The molecule has 18 heavy (non-hydrogen) atoms. The Morgan fingerprint density at radius 1 is 1.56 bits per heavy atom. The van der Waals surface area contributed by atoms with Crippen LogP contribution < -0.4 is 10.2 Å². The first-order valence-electron chi connectivity index (χ1n) is 5.93. The van der Waals surface area contributed by atoms with E-state index in [2.05, 4.69) is 36.1 Å². The first-order chi connectivity index (χ1) is 8.44. The molecule has 98 valence electrons. The van der Waals surface area contributed by atoms with Crippen molar-refractivity contribution in [1.82, 2.24) is 15.3 Å². The molecule has 0 saturated carbocycles. The van der Waals surface area contributed by atoms with E-state index in [9.17, 15) is 4.79 Å². The Morgan fingerprint density at radius 2 is 2.28 bits per heavy atom. The SMILES string of the molecule is CNC(=O)C1(C)CCN(c2cc(Br)nc(C)n2)C1.